The minimum atomic E-state index is -0.0391. The molecule has 1 unspecified atom stereocenters. The van der Waals surface area contributed by atoms with Gasteiger partial charge in [0.1, 0.15) is 0 Å². The number of thiophene rings is 1. The molecule has 1 aromatic heterocycles. The quantitative estimate of drug-likeness (QED) is 0.856. The molecule has 0 saturated carbocycles. The lowest BCUT2D eigenvalue weighted by molar-refractivity contribution is -0.121. The van der Waals surface area contributed by atoms with E-state index < -0.39 is 0 Å². The van der Waals surface area contributed by atoms with Crippen LogP contribution in [0.3, 0.4) is 0 Å². The van der Waals surface area contributed by atoms with Gasteiger partial charge in [0, 0.05) is 32.1 Å². The number of carbonyl (C=O) groups excluding carboxylic acids is 2. The molecule has 2 rings (SSSR count). The molecule has 1 aromatic rings. The van der Waals surface area contributed by atoms with Crippen LogP contribution in [0.25, 0.3) is 0 Å². The number of hydrogen-bond donors (Lipinski definition) is 2. The van der Waals surface area contributed by atoms with E-state index in [-0.39, 0.29) is 30.3 Å². The second-order valence-electron chi connectivity index (χ2n) is 5.42. The molecule has 1 aliphatic rings. The zero-order valence-electron chi connectivity index (χ0n) is 12.8. The number of amides is 2. The van der Waals surface area contributed by atoms with E-state index in [1.165, 1.54) is 11.3 Å². The highest BCUT2D eigenvalue weighted by Gasteiger charge is 2.28. The highest BCUT2D eigenvalue weighted by Crippen LogP contribution is 2.23. The molecule has 124 valence electrons. The van der Waals surface area contributed by atoms with Gasteiger partial charge in [0.25, 0.3) is 5.91 Å². The monoisotopic (exact) mass is 345 g/mol. The molecule has 0 spiro atoms. The molecule has 7 heteroatoms. The SMILES string of the molecule is Cc1ccsc1C(=O)N1CCCCC1CNC(=O)CCN.Cl. The van der Waals surface area contributed by atoms with Crippen molar-refractivity contribution >= 4 is 35.6 Å². The van der Waals surface area contributed by atoms with E-state index >= 15 is 0 Å². The summed E-state index contributed by atoms with van der Waals surface area (Å²) < 4.78 is 0. The number of nitrogens with zero attached hydrogens (tertiary/aromatic N) is 1. The summed E-state index contributed by atoms with van der Waals surface area (Å²) >= 11 is 1.49. The molecule has 0 radical (unpaired) electrons. The molecule has 0 bridgehead atoms. The average Bonchev–Trinajstić information content (AvgIpc) is 2.91. The van der Waals surface area contributed by atoms with Gasteiger partial charge in [-0.25, -0.2) is 0 Å². The molecule has 3 N–H and O–H groups in total. The number of carbonyl (C=O) groups is 2. The summed E-state index contributed by atoms with van der Waals surface area (Å²) in [7, 11) is 0. The maximum Gasteiger partial charge on any atom is 0.264 e. The number of likely N-dealkylation sites (tertiary alicyclic amines) is 1. The van der Waals surface area contributed by atoms with Crippen molar-refractivity contribution in [1.82, 2.24) is 10.2 Å². The number of aryl methyl sites for hydroxylation is 1. The standard InChI is InChI=1S/C15H23N3O2S.ClH/c1-11-6-9-21-14(11)15(20)18-8-3-2-4-12(18)10-17-13(19)5-7-16;/h6,9,12H,2-5,7-8,10,16H2,1H3,(H,17,19);1H. The summed E-state index contributed by atoms with van der Waals surface area (Å²) in [5, 5.41) is 4.84. The number of rotatable bonds is 5. The Labute approximate surface area is 141 Å². The fourth-order valence-corrected chi connectivity index (χ4v) is 3.53. The van der Waals surface area contributed by atoms with Gasteiger partial charge in [-0.3, -0.25) is 9.59 Å². The molecular weight excluding hydrogens is 322 g/mol. The van der Waals surface area contributed by atoms with Gasteiger partial charge < -0.3 is 16.0 Å². The first-order valence-electron chi connectivity index (χ1n) is 7.45. The predicted molar refractivity (Wildman–Crippen MR) is 91.7 cm³/mol. The lowest BCUT2D eigenvalue weighted by Crippen LogP contribution is -2.49. The molecule has 22 heavy (non-hydrogen) atoms. The lowest BCUT2D eigenvalue weighted by Gasteiger charge is -2.35. The van der Waals surface area contributed by atoms with E-state index in [1.807, 2.05) is 23.3 Å². The molecule has 1 saturated heterocycles. The van der Waals surface area contributed by atoms with Crippen LogP contribution in [0.15, 0.2) is 11.4 Å². The Morgan fingerprint density at radius 2 is 2.23 bits per heavy atom. The smallest absolute Gasteiger partial charge is 0.264 e. The van der Waals surface area contributed by atoms with Gasteiger partial charge in [0.15, 0.2) is 0 Å². The summed E-state index contributed by atoms with van der Waals surface area (Å²) in [6.07, 6.45) is 3.41. The van der Waals surface area contributed by atoms with Crippen LogP contribution < -0.4 is 11.1 Å². The van der Waals surface area contributed by atoms with Gasteiger partial charge >= 0.3 is 0 Å². The highest BCUT2D eigenvalue weighted by molar-refractivity contribution is 7.12. The third-order valence-corrected chi connectivity index (χ3v) is 4.86. The molecular formula is C15H24ClN3O2S. The van der Waals surface area contributed by atoms with Gasteiger partial charge in [-0.15, -0.1) is 23.7 Å². The second kappa shape index (κ2) is 9.12. The second-order valence-corrected chi connectivity index (χ2v) is 6.34. The van der Waals surface area contributed by atoms with Crippen LogP contribution in [-0.4, -0.2) is 42.4 Å². The van der Waals surface area contributed by atoms with Gasteiger partial charge in [0.2, 0.25) is 5.91 Å². The molecule has 0 aromatic carbocycles. The molecule has 0 aliphatic carbocycles. The Morgan fingerprint density at radius 1 is 1.45 bits per heavy atom. The Morgan fingerprint density at radius 3 is 2.86 bits per heavy atom. The van der Waals surface area contributed by atoms with E-state index in [1.54, 1.807) is 0 Å². The fourth-order valence-electron chi connectivity index (χ4n) is 2.65. The number of nitrogens with one attached hydrogen (secondary N) is 1. The van der Waals surface area contributed by atoms with Crippen LogP contribution in [0.5, 0.6) is 0 Å². The maximum atomic E-state index is 12.7. The Kier molecular flexibility index (Phi) is 7.85. The van der Waals surface area contributed by atoms with Gasteiger partial charge in [-0.1, -0.05) is 0 Å². The Hall–Kier alpha value is -1.11. The largest absolute Gasteiger partial charge is 0.354 e. The minimum absolute atomic E-state index is 0. The predicted octanol–water partition coefficient (Wildman–Crippen LogP) is 1.94. The van der Waals surface area contributed by atoms with E-state index in [2.05, 4.69) is 5.32 Å². The topological polar surface area (TPSA) is 75.4 Å². The molecule has 1 atom stereocenters. The van der Waals surface area contributed by atoms with Crippen molar-refractivity contribution in [1.29, 1.82) is 0 Å². The average molecular weight is 346 g/mol. The van der Waals surface area contributed by atoms with Crippen LogP contribution >= 0.6 is 23.7 Å². The Bertz CT molecular complexity index is 507. The van der Waals surface area contributed by atoms with Crippen molar-refractivity contribution in [2.24, 2.45) is 5.73 Å². The van der Waals surface area contributed by atoms with Crippen LogP contribution in [-0.2, 0) is 4.79 Å². The lowest BCUT2D eigenvalue weighted by atomic mass is 10.0. The normalized spacial score (nSPS) is 17.7. The zero-order valence-corrected chi connectivity index (χ0v) is 14.5. The van der Waals surface area contributed by atoms with Crippen molar-refractivity contribution in [2.45, 2.75) is 38.6 Å². The number of nitrogens with two attached hydrogens (primary N) is 1. The van der Waals surface area contributed by atoms with E-state index in [0.717, 1.165) is 36.2 Å². The number of hydrogen-bond acceptors (Lipinski definition) is 4. The van der Waals surface area contributed by atoms with Gasteiger partial charge in [-0.2, -0.15) is 0 Å². The third kappa shape index (κ3) is 4.69. The van der Waals surface area contributed by atoms with E-state index in [0.29, 0.717) is 19.5 Å². The van der Waals surface area contributed by atoms with Crippen LogP contribution in [0.2, 0.25) is 0 Å². The van der Waals surface area contributed by atoms with Gasteiger partial charge in [0.05, 0.1) is 4.88 Å². The zero-order chi connectivity index (χ0) is 15.2. The summed E-state index contributed by atoms with van der Waals surface area (Å²) in [5.74, 6) is 0.0584. The maximum absolute atomic E-state index is 12.7. The van der Waals surface area contributed by atoms with Crippen molar-refractivity contribution in [2.75, 3.05) is 19.6 Å². The van der Waals surface area contributed by atoms with Crippen molar-refractivity contribution < 1.29 is 9.59 Å². The first-order valence-corrected chi connectivity index (χ1v) is 8.33. The summed E-state index contributed by atoms with van der Waals surface area (Å²) in [6.45, 7) is 3.61. The van der Waals surface area contributed by atoms with Crippen molar-refractivity contribution in [3.8, 4) is 0 Å². The summed E-state index contributed by atoms with van der Waals surface area (Å²) in [4.78, 5) is 27.0. The molecule has 2 heterocycles. The van der Waals surface area contributed by atoms with Gasteiger partial charge in [-0.05, 0) is 43.2 Å². The molecule has 2 amide bonds. The van der Waals surface area contributed by atoms with Crippen molar-refractivity contribution in [3.63, 3.8) is 0 Å². The highest BCUT2D eigenvalue weighted by atomic mass is 35.5. The summed E-state index contributed by atoms with van der Waals surface area (Å²) in [6, 6.07) is 2.06. The fraction of sp³-hybridized carbons (Fsp3) is 0.600. The van der Waals surface area contributed by atoms with Crippen LogP contribution in [0, 0.1) is 6.92 Å². The Balaban J connectivity index is 0.00000242. The summed E-state index contributed by atoms with van der Waals surface area (Å²) in [5.41, 5.74) is 6.40. The minimum Gasteiger partial charge on any atom is -0.354 e. The number of piperidine rings is 1. The number of halogens is 1. The van der Waals surface area contributed by atoms with Crippen LogP contribution in [0.1, 0.15) is 40.9 Å². The first-order chi connectivity index (χ1) is 10.1. The first kappa shape index (κ1) is 18.9. The molecule has 1 fully saturated rings. The van der Waals surface area contributed by atoms with Crippen LogP contribution in [0.4, 0.5) is 0 Å². The third-order valence-electron chi connectivity index (χ3n) is 3.85. The molecule has 5 nitrogen and oxygen atoms in total. The van der Waals surface area contributed by atoms with Crippen molar-refractivity contribution in [3.05, 3.63) is 21.9 Å². The van der Waals surface area contributed by atoms with E-state index in [4.69, 9.17) is 5.73 Å². The van der Waals surface area contributed by atoms with E-state index in [9.17, 15) is 9.59 Å². The molecule has 1 aliphatic heterocycles.